The maximum Gasteiger partial charge on any atom is 0.00431 e. The van der Waals surface area contributed by atoms with Crippen LogP contribution < -0.4 is 0 Å². The van der Waals surface area contributed by atoms with Crippen molar-refractivity contribution in [3.63, 3.8) is 0 Å². The van der Waals surface area contributed by atoms with Gasteiger partial charge in [-0.2, -0.15) is 0 Å². The van der Waals surface area contributed by atoms with E-state index in [0.29, 0.717) is 22.7 Å². The molecule has 2 unspecified atom stereocenters. The van der Waals surface area contributed by atoms with Gasteiger partial charge < -0.3 is 4.98 Å². The molecule has 1 aromatic heterocycles. The highest BCUT2D eigenvalue weighted by Crippen LogP contribution is 2.40. The minimum atomic E-state index is 0.390. The predicted octanol–water partition coefficient (Wildman–Crippen LogP) is 6.87. The van der Waals surface area contributed by atoms with Crippen LogP contribution in [0.1, 0.15) is 104 Å². The summed E-state index contributed by atoms with van der Waals surface area (Å²) in [6, 6.07) is 0. The summed E-state index contributed by atoms with van der Waals surface area (Å²) in [4.78, 5) is 3.40. The molecule has 0 amide bonds. The molecule has 2 atom stereocenters. The molecule has 0 fully saturated rings. The summed E-state index contributed by atoms with van der Waals surface area (Å²) >= 11 is 0. The van der Waals surface area contributed by atoms with E-state index in [-0.39, 0.29) is 0 Å². The minimum Gasteiger partial charge on any atom is -0.367 e. The fourth-order valence-corrected chi connectivity index (χ4v) is 3.52. The molecule has 0 aromatic carbocycles. The minimum absolute atomic E-state index is 0.390. The number of hydrogen-bond donors (Lipinski definition) is 1. The molecule has 1 aromatic rings. The molecular formula is C20H37N. The number of H-pyrrole nitrogens is 1. The zero-order valence-corrected chi connectivity index (χ0v) is 15.6. The molecular weight excluding hydrogens is 254 g/mol. The van der Waals surface area contributed by atoms with Crippen LogP contribution in [0.15, 0.2) is 12.4 Å². The van der Waals surface area contributed by atoms with Gasteiger partial charge in [0.1, 0.15) is 0 Å². The van der Waals surface area contributed by atoms with Gasteiger partial charge in [0, 0.05) is 12.4 Å². The first kappa shape index (κ1) is 18.3. The van der Waals surface area contributed by atoms with E-state index in [1.165, 1.54) is 25.7 Å². The van der Waals surface area contributed by atoms with Crippen LogP contribution in [0, 0.1) is 10.8 Å². The van der Waals surface area contributed by atoms with Crippen LogP contribution in [-0.4, -0.2) is 4.98 Å². The summed E-state index contributed by atoms with van der Waals surface area (Å²) in [6.07, 6.45) is 9.52. The third kappa shape index (κ3) is 5.88. The molecule has 0 aliphatic heterocycles. The van der Waals surface area contributed by atoms with E-state index in [4.69, 9.17) is 0 Å². The molecule has 0 aliphatic carbocycles. The van der Waals surface area contributed by atoms with Gasteiger partial charge in [-0.05, 0) is 59.5 Å². The first-order valence-electron chi connectivity index (χ1n) is 8.74. The highest BCUT2D eigenvalue weighted by molar-refractivity contribution is 5.31. The lowest BCUT2D eigenvalue weighted by molar-refractivity contribution is 0.323. The Hall–Kier alpha value is -0.720. The van der Waals surface area contributed by atoms with E-state index in [9.17, 15) is 0 Å². The molecule has 1 rings (SSSR count). The second kappa shape index (κ2) is 7.03. The molecule has 0 saturated carbocycles. The topological polar surface area (TPSA) is 15.8 Å². The normalized spacial score (nSPS) is 16.0. The van der Waals surface area contributed by atoms with Crippen molar-refractivity contribution in [1.29, 1.82) is 0 Å². The Bertz CT molecular complexity index is 375. The van der Waals surface area contributed by atoms with Crippen molar-refractivity contribution in [2.75, 3.05) is 0 Å². The predicted molar refractivity (Wildman–Crippen MR) is 95.0 cm³/mol. The molecule has 1 heteroatoms. The van der Waals surface area contributed by atoms with Gasteiger partial charge in [0.2, 0.25) is 0 Å². The SMILES string of the molecule is CCC(CC(C)(C)C)c1c[nH]cc1C(CC)CC(C)(C)C. The van der Waals surface area contributed by atoms with Crippen molar-refractivity contribution in [2.24, 2.45) is 10.8 Å². The molecule has 122 valence electrons. The molecule has 0 radical (unpaired) electrons. The third-order valence-electron chi connectivity index (χ3n) is 4.39. The van der Waals surface area contributed by atoms with Crippen molar-refractivity contribution >= 4 is 0 Å². The number of aromatic amines is 1. The maximum absolute atomic E-state index is 3.40. The number of rotatable bonds is 6. The summed E-state index contributed by atoms with van der Waals surface area (Å²) < 4.78 is 0. The smallest absolute Gasteiger partial charge is 0.00431 e. The number of hydrogen-bond acceptors (Lipinski definition) is 0. The van der Waals surface area contributed by atoms with Gasteiger partial charge in [-0.3, -0.25) is 0 Å². The molecule has 0 bridgehead atoms. The third-order valence-corrected chi connectivity index (χ3v) is 4.39. The molecule has 0 spiro atoms. The van der Waals surface area contributed by atoms with E-state index in [0.717, 1.165) is 0 Å². The van der Waals surface area contributed by atoms with E-state index in [1.54, 1.807) is 11.1 Å². The van der Waals surface area contributed by atoms with Gasteiger partial charge in [-0.25, -0.2) is 0 Å². The van der Waals surface area contributed by atoms with Crippen LogP contribution >= 0.6 is 0 Å². The molecule has 0 saturated heterocycles. The average molecular weight is 292 g/mol. The molecule has 1 N–H and O–H groups in total. The standard InChI is InChI=1S/C20H37N/c1-9-15(11-19(3,4)5)17-13-21-14-18(17)16(10-2)12-20(6,7)8/h13-16,21H,9-12H2,1-8H3. The van der Waals surface area contributed by atoms with Crippen molar-refractivity contribution in [2.45, 2.75) is 92.9 Å². The Morgan fingerprint density at radius 3 is 1.33 bits per heavy atom. The van der Waals surface area contributed by atoms with Crippen molar-refractivity contribution in [3.8, 4) is 0 Å². The molecule has 21 heavy (non-hydrogen) atoms. The lowest BCUT2D eigenvalue weighted by Gasteiger charge is -2.29. The largest absolute Gasteiger partial charge is 0.367 e. The number of nitrogens with one attached hydrogen (secondary N) is 1. The van der Waals surface area contributed by atoms with Crippen molar-refractivity contribution < 1.29 is 0 Å². The lowest BCUT2D eigenvalue weighted by atomic mass is 9.75. The lowest BCUT2D eigenvalue weighted by Crippen LogP contribution is -2.15. The summed E-state index contributed by atoms with van der Waals surface area (Å²) in [5.41, 5.74) is 3.93. The highest BCUT2D eigenvalue weighted by atomic mass is 14.6. The summed E-state index contributed by atoms with van der Waals surface area (Å²) in [7, 11) is 0. The second-order valence-corrected chi connectivity index (χ2v) is 9.11. The first-order valence-corrected chi connectivity index (χ1v) is 8.74. The van der Waals surface area contributed by atoms with Crippen LogP contribution in [-0.2, 0) is 0 Å². The van der Waals surface area contributed by atoms with Crippen LogP contribution in [0.25, 0.3) is 0 Å². The molecule has 1 heterocycles. The Balaban J connectivity index is 3.02. The summed E-state index contributed by atoms with van der Waals surface area (Å²) in [5.74, 6) is 1.36. The van der Waals surface area contributed by atoms with E-state index in [2.05, 4.69) is 72.8 Å². The van der Waals surface area contributed by atoms with Crippen LogP contribution in [0.5, 0.6) is 0 Å². The molecule has 0 aliphatic rings. The second-order valence-electron chi connectivity index (χ2n) is 9.11. The first-order chi connectivity index (χ1) is 9.57. The van der Waals surface area contributed by atoms with Gasteiger partial charge in [0.15, 0.2) is 0 Å². The Labute approximate surface area is 132 Å². The number of aromatic nitrogens is 1. The van der Waals surface area contributed by atoms with Crippen LogP contribution in [0.3, 0.4) is 0 Å². The zero-order chi connectivity index (χ0) is 16.3. The van der Waals surface area contributed by atoms with E-state index in [1.807, 2.05) is 0 Å². The van der Waals surface area contributed by atoms with Crippen LogP contribution in [0.4, 0.5) is 0 Å². The zero-order valence-electron chi connectivity index (χ0n) is 15.6. The van der Waals surface area contributed by atoms with Crippen molar-refractivity contribution in [3.05, 3.63) is 23.5 Å². The maximum atomic E-state index is 3.40. The van der Waals surface area contributed by atoms with E-state index < -0.39 is 0 Å². The fraction of sp³-hybridized carbons (Fsp3) is 0.800. The van der Waals surface area contributed by atoms with Gasteiger partial charge in [0.25, 0.3) is 0 Å². The fourth-order valence-electron chi connectivity index (χ4n) is 3.52. The van der Waals surface area contributed by atoms with Gasteiger partial charge in [-0.1, -0.05) is 55.4 Å². The highest BCUT2D eigenvalue weighted by Gasteiger charge is 2.26. The van der Waals surface area contributed by atoms with Crippen LogP contribution in [0.2, 0.25) is 0 Å². The Kier molecular flexibility index (Phi) is 6.13. The summed E-state index contributed by atoms with van der Waals surface area (Å²) in [5, 5.41) is 0. The molecule has 1 nitrogen and oxygen atoms in total. The average Bonchev–Trinajstić information content (AvgIpc) is 2.79. The van der Waals surface area contributed by atoms with Gasteiger partial charge in [0.05, 0.1) is 0 Å². The van der Waals surface area contributed by atoms with Crippen molar-refractivity contribution in [1.82, 2.24) is 4.98 Å². The monoisotopic (exact) mass is 291 g/mol. The quantitative estimate of drug-likeness (QED) is 0.588. The summed E-state index contributed by atoms with van der Waals surface area (Å²) in [6.45, 7) is 18.8. The Morgan fingerprint density at radius 1 is 0.762 bits per heavy atom. The van der Waals surface area contributed by atoms with Gasteiger partial charge in [-0.15, -0.1) is 0 Å². The van der Waals surface area contributed by atoms with E-state index >= 15 is 0 Å². The van der Waals surface area contributed by atoms with Gasteiger partial charge >= 0.3 is 0 Å². The Morgan fingerprint density at radius 2 is 1.10 bits per heavy atom.